The van der Waals surface area contributed by atoms with Gasteiger partial charge in [-0.05, 0) is 57.4 Å². The molecule has 0 spiro atoms. The number of hydrogen-bond donors (Lipinski definition) is 3. The van der Waals surface area contributed by atoms with Crippen LogP contribution in [0.2, 0.25) is 0 Å². The second-order valence-corrected chi connectivity index (χ2v) is 6.43. The molecule has 0 aromatic rings. The molecule has 120 valence electrons. The fourth-order valence-corrected chi connectivity index (χ4v) is 2.83. The minimum atomic E-state index is -0.403. The molecular formula is C15H31ClN2O2. The van der Waals surface area contributed by atoms with Crippen LogP contribution in [0, 0.1) is 11.8 Å². The maximum atomic E-state index is 12.3. The van der Waals surface area contributed by atoms with E-state index >= 15 is 0 Å². The Balaban J connectivity index is 0.00000361. The fourth-order valence-electron chi connectivity index (χ4n) is 2.83. The average Bonchev–Trinajstić information content (AvgIpc) is 2.36. The standard InChI is InChI=1S/C15H30N2O2.ClH/c1-12(2)10-13(6-9-18)11-16-14(19)15(3)7-4-5-8-17-15;/h12-13,17-18H,4-11H2,1-3H3,(H,16,19);1H. The van der Waals surface area contributed by atoms with E-state index in [0.29, 0.717) is 18.4 Å². The third-order valence-corrected chi connectivity index (χ3v) is 4.01. The Kier molecular flexibility index (Phi) is 9.43. The van der Waals surface area contributed by atoms with E-state index in [9.17, 15) is 4.79 Å². The third kappa shape index (κ3) is 6.42. The lowest BCUT2D eigenvalue weighted by Gasteiger charge is -2.34. The van der Waals surface area contributed by atoms with Crippen LogP contribution in [-0.4, -0.2) is 36.2 Å². The highest BCUT2D eigenvalue weighted by atomic mass is 35.5. The van der Waals surface area contributed by atoms with Gasteiger partial charge in [-0.2, -0.15) is 0 Å². The summed E-state index contributed by atoms with van der Waals surface area (Å²) in [4.78, 5) is 12.3. The van der Waals surface area contributed by atoms with Crippen LogP contribution in [-0.2, 0) is 4.79 Å². The Hall–Kier alpha value is -0.320. The molecule has 0 bridgehead atoms. The molecular weight excluding hydrogens is 276 g/mol. The van der Waals surface area contributed by atoms with Gasteiger partial charge in [0.2, 0.25) is 5.91 Å². The molecule has 0 aromatic carbocycles. The van der Waals surface area contributed by atoms with Gasteiger partial charge in [0, 0.05) is 13.2 Å². The van der Waals surface area contributed by atoms with Gasteiger partial charge in [0.25, 0.3) is 0 Å². The summed E-state index contributed by atoms with van der Waals surface area (Å²) in [5.41, 5.74) is -0.403. The third-order valence-electron chi connectivity index (χ3n) is 4.01. The molecule has 1 fully saturated rings. The van der Waals surface area contributed by atoms with E-state index < -0.39 is 5.54 Å². The first-order chi connectivity index (χ1) is 8.98. The van der Waals surface area contributed by atoms with Gasteiger partial charge in [-0.15, -0.1) is 12.4 Å². The number of nitrogens with one attached hydrogen (secondary N) is 2. The number of aliphatic hydroxyl groups excluding tert-OH is 1. The Morgan fingerprint density at radius 3 is 2.60 bits per heavy atom. The first-order valence-corrected chi connectivity index (χ1v) is 7.62. The fraction of sp³-hybridized carbons (Fsp3) is 0.933. The van der Waals surface area contributed by atoms with Gasteiger partial charge in [-0.1, -0.05) is 13.8 Å². The Morgan fingerprint density at radius 1 is 1.40 bits per heavy atom. The van der Waals surface area contributed by atoms with E-state index in [1.165, 1.54) is 0 Å². The molecule has 1 aliphatic rings. The quantitative estimate of drug-likeness (QED) is 0.675. The number of halogens is 1. The average molecular weight is 307 g/mol. The van der Waals surface area contributed by atoms with Crippen molar-refractivity contribution in [3.8, 4) is 0 Å². The predicted molar refractivity (Wildman–Crippen MR) is 85.2 cm³/mol. The number of amides is 1. The largest absolute Gasteiger partial charge is 0.396 e. The minimum absolute atomic E-state index is 0. The zero-order valence-corrected chi connectivity index (χ0v) is 13.9. The van der Waals surface area contributed by atoms with Gasteiger partial charge < -0.3 is 15.7 Å². The second kappa shape index (κ2) is 9.59. The van der Waals surface area contributed by atoms with Gasteiger partial charge >= 0.3 is 0 Å². The van der Waals surface area contributed by atoms with Crippen LogP contribution >= 0.6 is 12.4 Å². The first kappa shape index (κ1) is 19.7. The second-order valence-electron chi connectivity index (χ2n) is 6.43. The topological polar surface area (TPSA) is 61.4 Å². The van der Waals surface area contributed by atoms with Crippen molar-refractivity contribution < 1.29 is 9.90 Å². The monoisotopic (exact) mass is 306 g/mol. The first-order valence-electron chi connectivity index (χ1n) is 7.62. The molecule has 0 saturated carbocycles. The van der Waals surface area contributed by atoms with Crippen molar-refractivity contribution in [3.63, 3.8) is 0 Å². The highest BCUT2D eigenvalue weighted by Gasteiger charge is 2.34. The van der Waals surface area contributed by atoms with E-state index in [2.05, 4.69) is 24.5 Å². The predicted octanol–water partition coefficient (Wildman–Crippen LogP) is 2.10. The zero-order chi connectivity index (χ0) is 14.3. The molecule has 1 amide bonds. The molecule has 0 aromatic heterocycles. The van der Waals surface area contributed by atoms with E-state index in [1.807, 2.05) is 6.92 Å². The highest BCUT2D eigenvalue weighted by Crippen LogP contribution is 2.19. The number of carbonyl (C=O) groups is 1. The number of carbonyl (C=O) groups excluding carboxylic acids is 1. The molecule has 5 heteroatoms. The van der Waals surface area contributed by atoms with E-state index in [0.717, 1.165) is 38.6 Å². The Bertz CT molecular complexity index is 279. The van der Waals surface area contributed by atoms with E-state index in [-0.39, 0.29) is 24.9 Å². The van der Waals surface area contributed by atoms with Crippen LogP contribution in [0.25, 0.3) is 0 Å². The van der Waals surface area contributed by atoms with Crippen LogP contribution in [0.1, 0.15) is 52.9 Å². The van der Waals surface area contributed by atoms with Gasteiger partial charge in [-0.3, -0.25) is 4.79 Å². The zero-order valence-electron chi connectivity index (χ0n) is 13.1. The lowest BCUT2D eigenvalue weighted by Crippen LogP contribution is -2.57. The summed E-state index contributed by atoms with van der Waals surface area (Å²) in [6.07, 6.45) is 4.99. The summed E-state index contributed by atoms with van der Waals surface area (Å²) in [6.45, 7) is 8.14. The molecule has 3 N–H and O–H groups in total. The maximum absolute atomic E-state index is 12.3. The lowest BCUT2D eigenvalue weighted by atomic mass is 9.89. The van der Waals surface area contributed by atoms with E-state index in [4.69, 9.17) is 5.11 Å². The summed E-state index contributed by atoms with van der Waals surface area (Å²) < 4.78 is 0. The van der Waals surface area contributed by atoms with Crippen molar-refractivity contribution in [1.82, 2.24) is 10.6 Å². The molecule has 1 rings (SSSR count). The smallest absolute Gasteiger partial charge is 0.240 e. The van der Waals surface area contributed by atoms with Gasteiger partial charge in [0.05, 0.1) is 5.54 Å². The molecule has 0 radical (unpaired) electrons. The number of rotatable bonds is 7. The van der Waals surface area contributed by atoms with Gasteiger partial charge in [-0.25, -0.2) is 0 Å². The van der Waals surface area contributed by atoms with Crippen molar-refractivity contribution in [1.29, 1.82) is 0 Å². The Morgan fingerprint density at radius 2 is 2.10 bits per heavy atom. The van der Waals surface area contributed by atoms with Crippen molar-refractivity contribution in [2.24, 2.45) is 11.8 Å². The van der Waals surface area contributed by atoms with Gasteiger partial charge in [0.1, 0.15) is 0 Å². The highest BCUT2D eigenvalue weighted by molar-refractivity contribution is 5.86. The van der Waals surface area contributed by atoms with Crippen molar-refractivity contribution in [2.75, 3.05) is 19.7 Å². The van der Waals surface area contributed by atoms with Crippen molar-refractivity contribution in [2.45, 2.75) is 58.4 Å². The number of hydrogen-bond acceptors (Lipinski definition) is 3. The molecule has 4 nitrogen and oxygen atoms in total. The molecule has 1 heterocycles. The number of aliphatic hydroxyl groups is 1. The summed E-state index contributed by atoms with van der Waals surface area (Å²) in [5, 5.41) is 15.5. The van der Waals surface area contributed by atoms with Crippen LogP contribution in [0.3, 0.4) is 0 Å². The summed E-state index contributed by atoms with van der Waals surface area (Å²) in [6, 6.07) is 0. The Labute approximate surface area is 129 Å². The molecule has 20 heavy (non-hydrogen) atoms. The van der Waals surface area contributed by atoms with Crippen molar-refractivity contribution in [3.05, 3.63) is 0 Å². The molecule has 0 aliphatic carbocycles. The van der Waals surface area contributed by atoms with Crippen molar-refractivity contribution >= 4 is 18.3 Å². The van der Waals surface area contributed by atoms with Gasteiger partial charge in [0.15, 0.2) is 0 Å². The molecule has 2 unspecified atom stereocenters. The SMILES string of the molecule is CC(C)CC(CCO)CNC(=O)C1(C)CCCCN1.Cl. The maximum Gasteiger partial charge on any atom is 0.240 e. The lowest BCUT2D eigenvalue weighted by molar-refractivity contribution is -0.128. The molecule has 1 saturated heterocycles. The normalized spacial score (nSPS) is 24.1. The molecule has 2 atom stereocenters. The summed E-state index contributed by atoms with van der Waals surface area (Å²) in [7, 11) is 0. The van der Waals surface area contributed by atoms with Crippen LogP contribution in [0.4, 0.5) is 0 Å². The summed E-state index contributed by atoms with van der Waals surface area (Å²) in [5.74, 6) is 1.08. The number of piperidine rings is 1. The molecule has 1 aliphatic heterocycles. The van der Waals surface area contributed by atoms with Crippen LogP contribution < -0.4 is 10.6 Å². The van der Waals surface area contributed by atoms with Crippen LogP contribution in [0.5, 0.6) is 0 Å². The van der Waals surface area contributed by atoms with Crippen LogP contribution in [0.15, 0.2) is 0 Å². The summed E-state index contributed by atoms with van der Waals surface area (Å²) >= 11 is 0. The minimum Gasteiger partial charge on any atom is -0.396 e. The van der Waals surface area contributed by atoms with E-state index in [1.54, 1.807) is 0 Å².